The van der Waals surface area contributed by atoms with Crippen molar-refractivity contribution in [2.45, 2.75) is 50.5 Å². The third-order valence-electron chi connectivity index (χ3n) is 9.31. The molecule has 5 heterocycles. The molecule has 4 aromatic rings. The number of nitrogens with one attached hydrogen (secondary N) is 1. The maximum Gasteiger partial charge on any atom is 0.348 e. The molecule has 2 aromatic carbocycles. The minimum Gasteiger partial charge on any atom is -0.619 e. The van der Waals surface area contributed by atoms with Gasteiger partial charge in [0.15, 0.2) is 23.9 Å². The average molecular weight is 741 g/mol. The number of methoxy groups -OCH3 is 2. The Balaban J connectivity index is 1.15. The van der Waals surface area contributed by atoms with Crippen LogP contribution in [0.2, 0.25) is 10.0 Å². The van der Waals surface area contributed by atoms with Crippen LogP contribution in [0.15, 0.2) is 73.1 Å². The molecule has 10 nitrogen and oxygen atoms in total. The Morgan fingerprint density at radius 1 is 0.980 bits per heavy atom. The molecule has 3 aliphatic rings. The molecule has 3 saturated heterocycles. The number of hydrogen-bond acceptors (Lipinski definition) is 10. The van der Waals surface area contributed by atoms with Gasteiger partial charge in [-0.2, -0.15) is 4.73 Å². The first-order chi connectivity index (χ1) is 24.2. The van der Waals surface area contributed by atoms with Gasteiger partial charge in [-0.25, -0.2) is 4.79 Å². The number of hydrogen-bond donors (Lipinski definition) is 1. The normalized spacial score (nSPS) is 19.4. The molecule has 2 bridgehead atoms. The second-order valence-electron chi connectivity index (χ2n) is 12.5. The Bertz CT molecular complexity index is 1780. The molecule has 3 atom stereocenters. The summed E-state index contributed by atoms with van der Waals surface area (Å²) in [5.74, 6) is 0.656. The monoisotopic (exact) mass is 739 g/mol. The van der Waals surface area contributed by atoms with E-state index in [-0.39, 0.29) is 41.0 Å². The topological polar surface area (TPSA) is 113 Å². The van der Waals surface area contributed by atoms with E-state index in [0.717, 1.165) is 42.9 Å². The van der Waals surface area contributed by atoms with Crippen LogP contribution in [0, 0.1) is 11.1 Å². The zero-order valence-electron chi connectivity index (χ0n) is 27.8. The van der Waals surface area contributed by atoms with E-state index < -0.39 is 12.1 Å². The van der Waals surface area contributed by atoms with E-state index in [1.165, 1.54) is 38.0 Å². The van der Waals surface area contributed by atoms with E-state index >= 15 is 0 Å². The maximum absolute atomic E-state index is 13.6. The van der Waals surface area contributed by atoms with Crippen molar-refractivity contribution in [2.75, 3.05) is 33.9 Å². The fraction of sp³-hybridized carbons (Fsp3) is 0.378. The Kier molecular flexibility index (Phi) is 11.8. The van der Waals surface area contributed by atoms with Crippen molar-refractivity contribution in [1.82, 2.24) is 10.2 Å². The van der Waals surface area contributed by atoms with E-state index in [9.17, 15) is 14.8 Å². The number of esters is 2. The predicted octanol–water partition coefficient (Wildman–Crippen LogP) is 6.70. The highest BCUT2D eigenvalue weighted by atomic mass is 35.5. The average Bonchev–Trinajstić information content (AvgIpc) is 3.61. The smallest absolute Gasteiger partial charge is 0.348 e. The van der Waals surface area contributed by atoms with Gasteiger partial charge < -0.3 is 29.5 Å². The van der Waals surface area contributed by atoms with Crippen molar-refractivity contribution >= 4 is 46.5 Å². The molecule has 0 spiro atoms. The lowest BCUT2D eigenvalue weighted by atomic mass is 9.86. The lowest BCUT2D eigenvalue weighted by Crippen LogP contribution is -2.52. The molecule has 0 radical (unpaired) electrons. The lowest BCUT2D eigenvalue weighted by Gasteiger charge is -2.44. The number of pyridine rings is 1. The zero-order chi connectivity index (χ0) is 35.2. The van der Waals surface area contributed by atoms with Crippen LogP contribution in [0.1, 0.15) is 62.6 Å². The first-order valence-electron chi connectivity index (χ1n) is 16.5. The minimum absolute atomic E-state index is 0.0490. The third kappa shape index (κ3) is 8.70. The van der Waals surface area contributed by atoms with Gasteiger partial charge in [0.25, 0.3) is 0 Å². The van der Waals surface area contributed by atoms with Gasteiger partial charge in [-0.05, 0) is 67.2 Å². The van der Waals surface area contributed by atoms with E-state index in [4.69, 9.17) is 42.1 Å². The number of thiophene rings is 1. The Morgan fingerprint density at radius 2 is 1.70 bits per heavy atom. The Labute approximate surface area is 305 Å². The molecule has 50 heavy (non-hydrogen) atoms. The third-order valence-corrected chi connectivity index (χ3v) is 11.0. The van der Waals surface area contributed by atoms with E-state index in [1.54, 1.807) is 24.3 Å². The van der Waals surface area contributed by atoms with Gasteiger partial charge in [-0.15, -0.1) is 11.3 Å². The quantitative estimate of drug-likeness (QED) is 0.0857. The van der Waals surface area contributed by atoms with Crippen LogP contribution in [-0.2, 0) is 27.2 Å². The van der Waals surface area contributed by atoms with Crippen molar-refractivity contribution in [1.29, 1.82) is 0 Å². The van der Waals surface area contributed by atoms with Crippen molar-refractivity contribution in [2.24, 2.45) is 5.92 Å². The van der Waals surface area contributed by atoms with Gasteiger partial charge in [0.05, 0.1) is 20.6 Å². The molecule has 13 heteroatoms. The fourth-order valence-corrected chi connectivity index (χ4v) is 8.05. The highest BCUT2D eigenvalue weighted by Crippen LogP contribution is 2.36. The first-order valence-corrected chi connectivity index (χ1v) is 18.1. The lowest BCUT2D eigenvalue weighted by molar-refractivity contribution is -0.605. The molecule has 7 rings (SSSR count). The number of carbonyl (C=O) groups excluding carboxylic acids is 2. The maximum atomic E-state index is 13.6. The van der Waals surface area contributed by atoms with Gasteiger partial charge in [-0.1, -0.05) is 59.6 Å². The molecule has 0 saturated carbocycles. The van der Waals surface area contributed by atoms with Crippen LogP contribution >= 0.6 is 34.5 Å². The number of rotatable bonds is 14. The largest absolute Gasteiger partial charge is 0.619 e. The summed E-state index contributed by atoms with van der Waals surface area (Å²) in [6, 6.07) is 18.4. The van der Waals surface area contributed by atoms with Gasteiger partial charge in [0.1, 0.15) is 27.1 Å². The van der Waals surface area contributed by atoms with Gasteiger partial charge in [-0.3, -0.25) is 9.69 Å². The van der Waals surface area contributed by atoms with Crippen LogP contribution in [-0.4, -0.2) is 56.8 Å². The SMILES string of the molecule is COc1ccc(C(Cc2c(Cl)c[n+]([O-])cc2Cl)OC(=O)c2ccc(CN[C@@H](CC(=O)O[C@H]3CN4CCC3CC4)c3ccccc3)s2)cc1OC. The summed E-state index contributed by atoms with van der Waals surface area (Å²) < 4.78 is 23.5. The second kappa shape index (κ2) is 16.4. The number of piperidine rings is 3. The first kappa shape index (κ1) is 35.9. The van der Waals surface area contributed by atoms with Gasteiger partial charge >= 0.3 is 11.9 Å². The summed E-state index contributed by atoms with van der Waals surface area (Å²) >= 11 is 14.1. The summed E-state index contributed by atoms with van der Waals surface area (Å²) in [7, 11) is 3.05. The molecule has 1 unspecified atom stereocenters. The number of halogens is 2. The molecule has 3 aliphatic heterocycles. The van der Waals surface area contributed by atoms with Crippen molar-refractivity contribution in [3.05, 3.63) is 115 Å². The van der Waals surface area contributed by atoms with E-state index in [0.29, 0.717) is 44.7 Å². The molecule has 1 N–H and O–H groups in total. The van der Waals surface area contributed by atoms with Gasteiger partial charge in [0, 0.05) is 36.0 Å². The molecular weight excluding hydrogens is 701 g/mol. The van der Waals surface area contributed by atoms with E-state index in [1.807, 2.05) is 36.4 Å². The minimum atomic E-state index is -0.826. The predicted molar refractivity (Wildman–Crippen MR) is 191 cm³/mol. The molecule has 264 valence electrons. The summed E-state index contributed by atoms with van der Waals surface area (Å²) in [4.78, 5) is 30.4. The number of ether oxygens (including phenoxy) is 4. The second-order valence-corrected chi connectivity index (χ2v) is 14.5. The summed E-state index contributed by atoms with van der Waals surface area (Å²) in [5.41, 5.74) is 2.06. The fourth-order valence-electron chi connectivity index (χ4n) is 6.61. The summed E-state index contributed by atoms with van der Waals surface area (Å²) in [5, 5.41) is 15.7. The Morgan fingerprint density at radius 3 is 2.36 bits per heavy atom. The zero-order valence-corrected chi connectivity index (χ0v) is 30.1. The van der Waals surface area contributed by atoms with Crippen LogP contribution in [0.5, 0.6) is 11.5 Å². The molecule has 3 fully saturated rings. The molecule has 2 aromatic heterocycles. The number of fused-ring (bicyclic) bond motifs is 3. The van der Waals surface area contributed by atoms with Crippen LogP contribution in [0.3, 0.4) is 0 Å². The highest BCUT2D eigenvalue weighted by Gasteiger charge is 2.37. The van der Waals surface area contributed by atoms with Crippen molar-refractivity contribution < 1.29 is 33.3 Å². The van der Waals surface area contributed by atoms with E-state index in [2.05, 4.69) is 10.2 Å². The highest BCUT2D eigenvalue weighted by molar-refractivity contribution is 7.13. The van der Waals surface area contributed by atoms with Crippen LogP contribution in [0.4, 0.5) is 0 Å². The van der Waals surface area contributed by atoms with Gasteiger partial charge in [0.2, 0.25) is 0 Å². The number of benzene rings is 2. The van der Waals surface area contributed by atoms with Crippen LogP contribution in [0.25, 0.3) is 0 Å². The summed E-state index contributed by atoms with van der Waals surface area (Å²) in [6.07, 6.45) is 3.98. The Hall–Kier alpha value is -3.87. The number of nitrogens with zero attached hydrogens (tertiary/aromatic N) is 2. The number of aromatic nitrogens is 1. The molecule has 0 amide bonds. The van der Waals surface area contributed by atoms with Crippen LogP contribution < -0.4 is 19.5 Å². The molecular formula is C37H39Cl2N3O7S. The van der Waals surface area contributed by atoms with Crippen molar-refractivity contribution in [3.8, 4) is 11.5 Å². The molecule has 0 aliphatic carbocycles. The standard InChI is InChI=1S/C37H39Cl2N3O7S/c1-46-31-10-8-25(16-33(31)47-2)32(17-27-28(38)20-42(45)21-29(27)39)49-37(44)35-11-9-26(50-35)19-40-30(23-6-4-3-5-7-23)18-36(43)48-34-22-41-14-12-24(34)13-15-41/h3-11,16,20-21,24,30,32,34,40H,12-15,17-19,22H2,1-2H3/t30-,32?,34-/m0/s1. The van der Waals surface area contributed by atoms with Crippen molar-refractivity contribution in [3.63, 3.8) is 0 Å². The number of carbonyl (C=O) groups is 2. The summed E-state index contributed by atoms with van der Waals surface area (Å²) in [6.45, 7) is 3.40.